The zero-order valence-corrected chi connectivity index (χ0v) is 13.6. The van der Waals surface area contributed by atoms with E-state index in [-0.39, 0.29) is 5.02 Å². The Hall–Kier alpha value is -1.85. The molecule has 22 heavy (non-hydrogen) atoms. The molecule has 3 nitrogen and oxygen atoms in total. The lowest BCUT2D eigenvalue weighted by molar-refractivity contribution is 0.336. The maximum absolute atomic E-state index is 13.1. The Morgan fingerprint density at radius 2 is 2.05 bits per heavy atom. The molecular formula is C16H16ClFN2OS. The lowest BCUT2D eigenvalue weighted by Crippen LogP contribution is -2.28. The second-order valence-corrected chi connectivity index (χ2v) is 5.29. The van der Waals surface area contributed by atoms with Crippen molar-refractivity contribution in [1.29, 1.82) is 0 Å². The molecule has 6 heteroatoms. The van der Waals surface area contributed by atoms with E-state index in [9.17, 15) is 4.39 Å². The van der Waals surface area contributed by atoms with E-state index in [4.69, 9.17) is 28.6 Å². The van der Waals surface area contributed by atoms with Crippen molar-refractivity contribution >= 4 is 34.6 Å². The van der Waals surface area contributed by atoms with Crippen LogP contribution in [0.5, 0.6) is 5.75 Å². The molecule has 0 aromatic heterocycles. The average Bonchev–Trinajstić information content (AvgIpc) is 2.50. The minimum Gasteiger partial charge on any atom is -0.494 e. The molecule has 2 aromatic carbocycles. The fraction of sp³-hybridized carbons (Fsp3) is 0.188. The van der Waals surface area contributed by atoms with Crippen molar-refractivity contribution in [2.75, 3.05) is 11.9 Å². The van der Waals surface area contributed by atoms with E-state index in [0.717, 1.165) is 11.3 Å². The summed E-state index contributed by atoms with van der Waals surface area (Å²) >= 11 is 10.9. The van der Waals surface area contributed by atoms with Crippen LogP contribution < -0.4 is 15.4 Å². The third kappa shape index (κ3) is 4.58. The number of para-hydroxylation sites is 1. The van der Waals surface area contributed by atoms with E-state index in [1.165, 1.54) is 12.1 Å². The van der Waals surface area contributed by atoms with Gasteiger partial charge in [0, 0.05) is 17.8 Å². The van der Waals surface area contributed by atoms with Crippen molar-refractivity contribution in [1.82, 2.24) is 5.32 Å². The van der Waals surface area contributed by atoms with Gasteiger partial charge in [-0.1, -0.05) is 29.8 Å². The number of rotatable bonds is 5. The van der Waals surface area contributed by atoms with E-state index >= 15 is 0 Å². The van der Waals surface area contributed by atoms with E-state index in [0.29, 0.717) is 24.0 Å². The Kier molecular flexibility index (Phi) is 5.98. The van der Waals surface area contributed by atoms with Crippen LogP contribution in [-0.4, -0.2) is 11.7 Å². The third-order valence-electron chi connectivity index (χ3n) is 2.89. The first-order valence-corrected chi connectivity index (χ1v) is 7.59. The van der Waals surface area contributed by atoms with E-state index in [2.05, 4.69) is 10.6 Å². The lowest BCUT2D eigenvalue weighted by atomic mass is 10.2. The second kappa shape index (κ2) is 7.96. The molecule has 0 aliphatic heterocycles. The number of halogens is 2. The van der Waals surface area contributed by atoms with E-state index < -0.39 is 5.82 Å². The van der Waals surface area contributed by atoms with Crippen LogP contribution in [0.3, 0.4) is 0 Å². The number of ether oxygens (including phenoxy) is 1. The summed E-state index contributed by atoms with van der Waals surface area (Å²) in [6.07, 6.45) is 0. The number of hydrogen-bond acceptors (Lipinski definition) is 2. The Balaban J connectivity index is 1.94. The highest BCUT2D eigenvalue weighted by Crippen LogP contribution is 2.20. The van der Waals surface area contributed by atoms with Crippen molar-refractivity contribution in [2.45, 2.75) is 13.5 Å². The summed E-state index contributed by atoms with van der Waals surface area (Å²) in [5, 5.41) is 6.52. The molecule has 0 heterocycles. The predicted molar refractivity (Wildman–Crippen MR) is 92.1 cm³/mol. The highest BCUT2D eigenvalue weighted by atomic mass is 35.5. The third-order valence-corrected chi connectivity index (χ3v) is 3.43. The molecule has 0 spiro atoms. The molecule has 116 valence electrons. The Bertz CT molecular complexity index is 666. The molecule has 0 bridgehead atoms. The maximum atomic E-state index is 13.1. The van der Waals surface area contributed by atoms with E-state index in [1.807, 2.05) is 31.2 Å². The van der Waals surface area contributed by atoms with Crippen LogP contribution in [0.1, 0.15) is 12.5 Å². The van der Waals surface area contributed by atoms with Gasteiger partial charge in [-0.15, -0.1) is 0 Å². The van der Waals surface area contributed by atoms with Crippen LogP contribution in [0.4, 0.5) is 10.1 Å². The highest BCUT2D eigenvalue weighted by Gasteiger charge is 2.05. The first-order chi connectivity index (χ1) is 10.6. The second-order valence-electron chi connectivity index (χ2n) is 4.48. The summed E-state index contributed by atoms with van der Waals surface area (Å²) in [7, 11) is 0. The van der Waals surface area contributed by atoms with Crippen LogP contribution in [0.2, 0.25) is 5.02 Å². The van der Waals surface area contributed by atoms with Crippen molar-refractivity contribution < 1.29 is 9.13 Å². The van der Waals surface area contributed by atoms with Gasteiger partial charge in [-0.3, -0.25) is 0 Å². The molecule has 0 amide bonds. The summed E-state index contributed by atoms with van der Waals surface area (Å²) in [6, 6.07) is 12.1. The maximum Gasteiger partial charge on any atom is 0.171 e. The van der Waals surface area contributed by atoms with Crippen molar-refractivity contribution in [3.63, 3.8) is 0 Å². The van der Waals surface area contributed by atoms with E-state index in [1.54, 1.807) is 6.07 Å². The smallest absolute Gasteiger partial charge is 0.171 e. The van der Waals surface area contributed by atoms with Gasteiger partial charge >= 0.3 is 0 Å². The van der Waals surface area contributed by atoms with Crippen LogP contribution in [0.25, 0.3) is 0 Å². The first kappa shape index (κ1) is 16.5. The number of thiocarbonyl (C=S) groups is 1. The zero-order valence-electron chi connectivity index (χ0n) is 12.0. The molecular weight excluding hydrogens is 323 g/mol. The number of nitrogens with one attached hydrogen (secondary N) is 2. The summed E-state index contributed by atoms with van der Waals surface area (Å²) in [5.41, 5.74) is 1.63. The van der Waals surface area contributed by atoms with Gasteiger partial charge < -0.3 is 15.4 Å². The predicted octanol–water partition coefficient (Wildman–Crippen LogP) is 4.36. The molecule has 0 atom stereocenters. The van der Waals surface area contributed by atoms with Gasteiger partial charge in [0.15, 0.2) is 5.11 Å². The molecule has 0 aliphatic carbocycles. The lowest BCUT2D eigenvalue weighted by Gasteiger charge is -2.13. The Labute approximate surface area is 139 Å². The SMILES string of the molecule is CCOc1ccccc1CNC(=S)Nc1ccc(F)c(Cl)c1. The van der Waals surface area contributed by atoms with Gasteiger partial charge in [0.25, 0.3) is 0 Å². The first-order valence-electron chi connectivity index (χ1n) is 6.80. The summed E-state index contributed by atoms with van der Waals surface area (Å²) in [4.78, 5) is 0. The van der Waals surface area contributed by atoms with Crippen LogP contribution in [-0.2, 0) is 6.54 Å². The van der Waals surface area contributed by atoms with Gasteiger partial charge in [0.1, 0.15) is 11.6 Å². The zero-order chi connectivity index (χ0) is 15.9. The minimum atomic E-state index is -0.461. The monoisotopic (exact) mass is 338 g/mol. The summed E-state index contributed by atoms with van der Waals surface area (Å²) < 4.78 is 18.7. The summed E-state index contributed by atoms with van der Waals surface area (Å²) in [6.45, 7) is 3.07. The molecule has 2 rings (SSSR count). The molecule has 0 unspecified atom stereocenters. The van der Waals surface area contributed by atoms with Gasteiger partial charge in [0.05, 0.1) is 11.6 Å². The highest BCUT2D eigenvalue weighted by molar-refractivity contribution is 7.80. The average molecular weight is 339 g/mol. The normalized spacial score (nSPS) is 10.1. The van der Waals surface area contributed by atoms with Crippen molar-refractivity contribution in [3.8, 4) is 5.75 Å². The molecule has 0 aliphatic rings. The van der Waals surface area contributed by atoms with Gasteiger partial charge in [-0.25, -0.2) is 4.39 Å². The topological polar surface area (TPSA) is 33.3 Å². The number of anilines is 1. The molecule has 0 saturated heterocycles. The van der Waals surface area contributed by atoms with Gasteiger partial charge in [-0.2, -0.15) is 0 Å². The fourth-order valence-electron chi connectivity index (χ4n) is 1.87. The minimum absolute atomic E-state index is 0.0505. The molecule has 0 fully saturated rings. The number of hydrogen-bond donors (Lipinski definition) is 2. The summed E-state index contributed by atoms with van der Waals surface area (Å²) in [5.74, 6) is 0.363. The van der Waals surface area contributed by atoms with Crippen LogP contribution in [0.15, 0.2) is 42.5 Å². The standard InChI is InChI=1S/C16H16ClFN2OS/c1-2-21-15-6-4-3-5-11(15)10-19-16(22)20-12-7-8-14(18)13(17)9-12/h3-9H,2,10H2,1H3,(H2,19,20,22). The molecule has 2 aromatic rings. The van der Waals surface area contributed by atoms with Crippen LogP contribution in [0, 0.1) is 5.82 Å². The Morgan fingerprint density at radius 3 is 2.77 bits per heavy atom. The van der Waals surface area contributed by atoms with Crippen molar-refractivity contribution in [2.24, 2.45) is 0 Å². The van der Waals surface area contributed by atoms with Crippen LogP contribution >= 0.6 is 23.8 Å². The quantitative estimate of drug-likeness (QED) is 0.793. The number of benzene rings is 2. The van der Waals surface area contributed by atoms with Gasteiger partial charge in [0.2, 0.25) is 0 Å². The fourth-order valence-corrected chi connectivity index (χ4v) is 2.24. The molecule has 0 saturated carbocycles. The Morgan fingerprint density at radius 1 is 1.27 bits per heavy atom. The molecule has 0 radical (unpaired) electrons. The van der Waals surface area contributed by atoms with Gasteiger partial charge in [-0.05, 0) is 43.4 Å². The molecule has 2 N–H and O–H groups in total. The van der Waals surface area contributed by atoms with Crippen molar-refractivity contribution in [3.05, 3.63) is 58.9 Å². The largest absolute Gasteiger partial charge is 0.494 e.